The predicted octanol–water partition coefficient (Wildman–Crippen LogP) is 7.81. The Labute approximate surface area is 336 Å². The standard InChI is InChI=1S/C16H12O5.C15H10O5.C15H10O4/c17-8-10-11(18)6-14-15(16(10)20)12(19)7-13(21-14)9-4-2-1-3-5-9;16-9-6-11(8-4-2-1-3-5-8)20-12-7-10(17)14(18)15(19)13(9)12;16-10-6-11(17)15-12(18)8-13(19-14(15)7-10)9-4-2-1-3-5-9/h1-7,17-18,20H,8H2;1-7,17-19H;1-8,16-17H. The van der Waals surface area contributed by atoms with Crippen LogP contribution in [0.1, 0.15) is 5.56 Å². The molecule has 60 heavy (non-hydrogen) atoms. The van der Waals surface area contributed by atoms with E-state index in [4.69, 9.17) is 18.4 Å². The Kier molecular flexibility index (Phi) is 11.0. The molecule has 0 aliphatic rings. The van der Waals surface area contributed by atoms with Crippen LogP contribution in [0.25, 0.3) is 66.9 Å². The van der Waals surface area contributed by atoms with Crippen LogP contribution in [0.15, 0.2) is 161 Å². The van der Waals surface area contributed by atoms with Gasteiger partial charge in [0, 0.05) is 59.2 Å². The van der Waals surface area contributed by atoms with Gasteiger partial charge < -0.3 is 54.1 Å². The van der Waals surface area contributed by atoms with E-state index in [1.807, 2.05) is 54.6 Å². The van der Waals surface area contributed by atoms with Crippen molar-refractivity contribution in [2.75, 3.05) is 0 Å². The summed E-state index contributed by atoms with van der Waals surface area (Å²) in [4.78, 5) is 36.2. The second-order valence-corrected chi connectivity index (χ2v) is 13.1. The van der Waals surface area contributed by atoms with Gasteiger partial charge in [0.05, 0.1) is 12.2 Å². The number of hydrogen-bond donors (Lipinski definition) is 8. The first-order valence-corrected chi connectivity index (χ1v) is 17.8. The number of hydrogen-bond acceptors (Lipinski definition) is 14. The van der Waals surface area contributed by atoms with Gasteiger partial charge in [0.15, 0.2) is 27.8 Å². The molecule has 14 heteroatoms. The van der Waals surface area contributed by atoms with Crippen LogP contribution in [0.3, 0.4) is 0 Å². The predicted molar refractivity (Wildman–Crippen MR) is 221 cm³/mol. The SMILES string of the molecule is O=c1cc(-c2ccccc2)oc2cc(O)c(CO)c(O)c12.O=c1cc(-c2ccccc2)oc2cc(O)c(O)c(O)c12.O=c1cc(-c2ccccc2)oc2cc(O)cc(O)c12. The lowest BCUT2D eigenvalue weighted by Crippen LogP contribution is -2.02. The largest absolute Gasteiger partial charge is 0.508 e. The van der Waals surface area contributed by atoms with Crippen molar-refractivity contribution >= 4 is 32.9 Å². The second kappa shape index (κ2) is 16.5. The first kappa shape index (κ1) is 39.7. The summed E-state index contributed by atoms with van der Waals surface area (Å²) in [6, 6.07) is 35.7. The van der Waals surface area contributed by atoms with E-state index in [0.29, 0.717) is 28.4 Å². The van der Waals surface area contributed by atoms with Gasteiger partial charge in [0.2, 0.25) is 5.75 Å². The molecule has 8 N–H and O–H groups in total. The van der Waals surface area contributed by atoms with Crippen molar-refractivity contribution in [3.05, 3.63) is 170 Å². The number of aliphatic hydroxyl groups is 1. The van der Waals surface area contributed by atoms with Crippen LogP contribution in [0.2, 0.25) is 0 Å². The molecule has 0 saturated carbocycles. The zero-order valence-corrected chi connectivity index (χ0v) is 30.9. The fourth-order valence-corrected chi connectivity index (χ4v) is 6.25. The number of aliphatic hydroxyl groups excluding tert-OH is 1. The van der Waals surface area contributed by atoms with Crippen LogP contribution in [0, 0.1) is 0 Å². The normalized spacial score (nSPS) is 10.8. The van der Waals surface area contributed by atoms with Crippen molar-refractivity contribution in [2.45, 2.75) is 6.61 Å². The van der Waals surface area contributed by atoms with Crippen molar-refractivity contribution in [1.29, 1.82) is 0 Å². The van der Waals surface area contributed by atoms with Crippen LogP contribution in [-0.4, -0.2) is 40.9 Å². The average molecular weight is 809 g/mol. The molecule has 9 rings (SSSR count). The maximum absolute atomic E-state index is 12.2. The smallest absolute Gasteiger partial charge is 0.201 e. The third-order valence-electron chi connectivity index (χ3n) is 9.15. The van der Waals surface area contributed by atoms with Gasteiger partial charge in [-0.15, -0.1) is 0 Å². The van der Waals surface area contributed by atoms with Crippen LogP contribution in [0.5, 0.6) is 40.2 Å². The van der Waals surface area contributed by atoms with Crippen molar-refractivity contribution in [2.24, 2.45) is 0 Å². The first-order valence-electron chi connectivity index (χ1n) is 17.8. The number of fused-ring (bicyclic) bond motifs is 3. The summed E-state index contributed by atoms with van der Waals surface area (Å²) in [5.41, 5.74) is 0.992. The molecule has 0 bridgehead atoms. The molecule has 14 nitrogen and oxygen atoms in total. The molecule has 0 spiro atoms. The van der Waals surface area contributed by atoms with Gasteiger partial charge in [-0.2, -0.15) is 0 Å². The molecule has 0 aliphatic heterocycles. The van der Waals surface area contributed by atoms with E-state index in [1.165, 1.54) is 30.3 Å². The lowest BCUT2D eigenvalue weighted by Gasteiger charge is -2.09. The highest BCUT2D eigenvalue weighted by Crippen LogP contribution is 2.41. The molecular formula is C46H32O14. The van der Waals surface area contributed by atoms with Crippen molar-refractivity contribution in [3.8, 4) is 74.2 Å². The third-order valence-corrected chi connectivity index (χ3v) is 9.15. The van der Waals surface area contributed by atoms with E-state index in [0.717, 1.165) is 17.7 Å². The van der Waals surface area contributed by atoms with E-state index < -0.39 is 40.5 Å². The second-order valence-electron chi connectivity index (χ2n) is 13.1. The summed E-state index contributed by atoms with van der Waals surface area (Å²) >= 11 is 0. The first-order chi connectivity index (χ1) is 28.8. The highest BCUT2D eigenvalue weighted by atomic mass is 16.4. The topological polar surface area (TPSA) is 252 Å². The highest BCUT2D eigenvalue weighted by molar-refractivity contribution is 5.90. The minimum absolute atomic E-state index is 0.00385. The average Bonchev–Trinajstić information content (AvgIpc) is 3.23. The third kappa shape index (κ3) is 7.89. The molecule has 0 fully saturated rings. The quantitative estimate of drug-likeness (QED) is 0.0790. The van der Waals surface area contributed by atoms with Gasteiger partial charge in [-0.05, 0) is 0 Å². The molecule has 0 saturated heterocycles. The monoisotopic (exact) mass is 808 g/mol. The molecule has 0 atom stereocenters. The molecule has 0 radical (unpaired) electrons. The van der Waals surface area contributed by atoms with Crippen molar-refractivity contribution in [1.82, 2.24) is 0 Å². The Hall–Kier alpha value is -8.49. The van der Waals surface area contributed by atoms with Crippen LogP contribution < -0.4 is 16.3 Å². The molecule has 0 amide bonds. The summed E-state index contributed by atoms with van der Waals surface area (Å²) in [5.74, 6) is -2.16. The molecule has 0 unspecified atom stereocenters. The van der Waals surface area contributed by atoms with E-state index in [1.54, 1.807) is 36.4 Å². The molecular weight excluding hydrogens is 776 g/mol. The summed E-state index contributed by atoms with van der Waals surface area (Å²) in [6.07, 6.45) is 0. The molecule has 9 aromatic rings. The van der Waals surface area contributed by atoms with Crippen LogP contribution in [0.4, 0.5) is 0 Å². The summed E-state index contributed by atoms with van der Waals surface area (Å²) in [6.45, 7) is -0.576. The highest BCUT2D eigenvalue weighted by Gasteiger charge is 2.19. The molecule has 3 aromatic heterocycles. The number of rotatable bonds is 4. The lowest BCUT2D eigenvalue weighted by molar-refractivity contribution is 0.269. The Bertz CT molecular complexity index is 3210. The summed E-state index contributed by atoms with van der Waals surface area (Å²) < 4.78 is 16.7. The Balaban J connectivity index is 0.000000136. The van der Waals surface area contributed by atoms with Gasteiger partial charge >= 0.3 is 0 Å². The minimum atomic E-state index is -0.739. The zero-order valence-electron chi connectivity index (χ0n) is 30.9. The maximum Gasteiger partial charge on any atom is 0.201 e. The number of phenolic OH excluding ortho intramolecular Hbond substituents is 5. The van der Waals surface area contributed by atoms with Gasteiger partial charge in [-0.3, -0.25) is 14.4 Å². The Morgan fingerprint density at radius 2 is 0.767 bits per heavy atom. The van der Waals surface area contributed by atoms with Gasteiger partial charge in [-0.25, -0.2) is 0 Å². The van der Waals surface area contributed by atoms with E-state index in [2.05, 4.69) is 0 Å². The van der Waals surface area contributed by atoms with E-state index >= 15 is 0 Å². The van der Waals surface area contributed by atoms with E-state index in [-0.39, 0.29) is 61.1 Å². The number of benzene rings is 6. The Morgan fingerprint density at radius 3 is 1.20 bits per heavy atom. The fourth-order valence-electron chi connectivity index (χ4n) is 6.25. The molecule has 0 aliphatic carbocycles. The molecule has 3 heterocycles. The Morgan fingerprint density at radius 1 is 0.383 bits per heavy atom. The minimum Gasteiger partial charge on any atom is -0.508 e. The van der Waals surface area contributed by atoms with Crippen molar-refractivity contribution in [3.63, 3.8) is 0 Å². The van der Waals surface area contributed by atoms with Gasteiger partial charge in [0.25, 0.3) is 0 Å². The zero-order chi connectivity index (χ0) is 42.7. The lowest BCUT2D eigenvalue weighted by atomic mass is 10.1. The molecule has 6 aromatic carbocycles. The number of phenols is 7. The maximum atomic E-state index is 12.2. The summed E-state index contributed by atoms with van der Waals surface area (Å²) in [5, 5.41) is 76.5. The van der Waals surface area contributed by atoms with Crippen LogP contribution >= 0.6 is 0 Å². The van der Waals surface area contributed by atoms with Gasteiger partial charge in [-0.1, -0.05) is 91.0 Å². The summed E-state index contributed by atoms with van der Waals surface area (Å²) in [7, 11) is 0. The number of aromatic hydroxyl groups is 7. The van der Waals surface area contributed by atoms with Crippen LogP contribution in [-0.2, 0) is 6.61 Å². The van der Waals surface area contributed by atoms with E-state index in [9.17, 15) is 50.1 Å². The van der Waals surface area contributed by atoms with Crippen molar-refractivity contribution < 1.29 is 54.1 Å². The fraction of sp³-hybridized carbons (Fsp3) is 0.0217. The van der Waals surface area contributed by atoms with Gasteiger partial charge in [0.1, 0.15) is 73.2 Å². The molecule has 300 valence electrons.